The lowest BCUT2D eigenvalue weighted by Gasteiger charge is -2.15. The first-order valence-electron chi connectivity index (χ1n) is 9.06. The summed E-state index contributed by atoms with van der Waals surface area (Å²) in [6.45, 7) is 4.91. The van der Waals surface area contributed by atoms with E-state index < -0.39 is 0 Å². The van der Waals surface area contributed by atoms with Gasteiger partial charge in [-0.1, -0.05) is 43.7 Å². The molecular weight excluding hydrogens is 326 g/mol. The molecule has 3 N–H and O–H groups in total. The highest BCUT2D eigenvalue weighted by atomic mass is 16.2. The Labute approximate surface area is 155 Å². The molecular formula is C21H27N3O2. The van der Waals surface area contributed by atoms with Crippen molar-refractivity contribution in [1.82, 2.24) is 10.6 Å². The largest absolute Gasteiger partial charge is 0.376 e. The van der Waals surface area contributed by atoms with Crippen molar-refractivity contribution < 1.29 is 9.59 Å². The number of hydrogen-bond donors (Lipinski definition) is 3. The van der Waals surface area contributed by atoms with Gasteiger partial charge in [0.05, 0.1) is 12.6 Å². The van der Waals surface area contributed by atoms with Crippen molar-refractivity contribution in [3.63, 3.8) is 0 Å². The Bertz CT molecular complexity index is 699. The summed E-state index contributed by atoms with van der Waals surface area (Å²) >= 11 is 0. The van der Waals surface area contributed by atoms with Gasteiger partial charge < -0.3 is 16.0 Å². The molecule has 0 aliphatic rings. The van der Waals surface area contributed by atoms with Crippen LogP contribution in [0.5, 0.6) is 0 Å². The van der Waals surface area contributed by atoms with Gasteiger partial charge in [-0.2, -0.15) is 0 Å². The zero-order chi connectivity index (χ0) is 18.8. The molecule has 0 fully saturated rings. The van der Waals surface area contributed by atoms with Crippen molar-refractivity contribution in [3.05, 3.63) is 65.7 Å². The molecule has 0 aliphatic carbocycles. The lowest BCUT2D eigenvalue weighted by molar-refractivity contribution is -0.120. The van der Waals surface area contributed by atoms with E-state index in [0.717, 1.165) is 24.1 Å². The van der Waals surface area contributed by atoms with Gasteiger partial charge in [-0.3, -0.25) is 9.59 Å². The van der Waals surface area contributed by atoms with Crippen LogP contribution in [0, 0.1) is 0 Å². The number of hydrogen-bond acceptors (Lipinski definition) is 3. The van der Waals surface area contributed by atoms with Gasteiger partial charge in [-0.15, -0.1) is 0 Å². The van der Waals surface area contributed by atoms with Crippen LogP contribution in [0.3, 0.4) is 0 Å². The highest BCUT2D eigenvalue weighted by molar-refractivity contribution is 5.94. The molecule has 1 unspecified atom stereocenters. The van der Waals surface area contributed by atoms with Crippen molar-refractivity contribution >= 4 is 17.5 Å². The van der Waals surface area contributed by atoms with Crippen LogP contribution in [0.25, 0.3) is 0 Å². The summed E-state index contributed by atoms with van der Waals surface area (Å²) in [5, 5.41) is 8.92. The predicted molar refractivity (Wildman–Crippen MR) is 105 cm³/mol. The van der Waals surface area contributed by atoms with E-state index in [4.69, 9.17) is 0 Å². The average Bonchev–Trinajstić information content (AvgIpc) is 2.67. The molecule has 2 aromatic carbocycles. The standard InChI is InChI=1S/C21H27N3O2/c1-3-4-14-22-21(26)18-10-12-19(13-11-18)23-15-20(25)24-16(2)17-8-6-5-7-9-17/h5-13,16,23H,3-4,14-15H2,1-2H3,(H,22,26)(H,24,25). The van der Waals surface area contributed by atoms with E-state index in [1.807, 2.05) is 49.4 Å². The topological polar surface area (TPSA) is 70.2 Å². The van der Waals surface area contributed by atoms with Crippen molar-refractivity contribution in [3.8, 4) is 0 Å². The highest BCUT2D eigenvalue weighted by Gasteiger charge is 2.09. The van der Waals surface area contributed by atoms with Gasteiger partial charge in [0.2, 0.25) is 5.91 Å². The van der Waals surface area contributed by atoms with Crippen molar-refractivity contribution in [2.75, 3.05) is 18.4 Å². The second-order valence-corrected chi connectivity index (χ2v) is 6.24. The van der Waals surface area contributed by atoms with E-state index in [1.54, 1.807) is 12.1 Å². The number of carbonyl (C=O) groups excluding carboxylic acids is 2. The second-order valence-electron chi connectivity index (χ2n) is 6.24. The van der Waals surface area contributed by atoms with Crippen LogP contribution in [0.2, 0.25) is 0 Å². The first-order valence-corrected chi connectivity index (χ1v) is 9.06. The highest BCUT2D eigenvalue weighted by Crippen LogP contribution is 2.12. The molecule has 0 heterocycles. The summed E-state index contributed by atoms with van der Waals surface area (Å²) in [5.74, 6) is -0.151. The summed E-state index contributed by atoms with van der Waals surface area (Å²) in [5.41, 5.74) is 2.49. The molecule has 2 amide bonds. The monoisotopic (exact) mass is 353 g/mol. The van der Waals surface area contributed by atoms with Gasteiger partial charge in [0.15, 0.2) is 0 Å². The maximum Gasteiger partial charge on any atom is 0.251 e. The van der Waals surface area contributed by atoms with Gasteiger partial charge in [0, 0.05) is 17.8 Å². The van der Waals surface area contributed by atoms with Crippen molar-refractivity contribution in [2.45, 2.75) is 32.7 Å². The number of anilines is 1. The molecule has 0 bridgehead atoms. The third-order valence-corrected chi connectivity index (χ3v) is 4.09. The molecule has 0 aromatic heterocycles. The van der Waals surface area contributed by atoms with Crippen LogP contribution < -0.4 is 16.0 Å². The number of carbonyl (C=O) groups is 2. The Morgan fingerprint density at radius 1 is 1.00 bits per heavy atom. The van der Waals surface area contributed by atoms with E-state index >= 15 is 0 Å². The zero-order valence-corrected chi connectivity index (χ0v) is 15.4. The van der Waals surface area contributed by atoms with Gasteiger partial charge in [0.1, 0.15) is 0 Å². The summed E-state index contributed by atoms with van der Waals surface area (Å²) in [4.78, 5) is 24.0. The van der Waals surface area contributed by atoms with E-state index in [9.17, 15) is 9.59 Å². The van der Waals surface area contributed by atoms with E-state index in [0.29, 0.717) is 12.1 Å². The lowest BCUT2D eigenvalue weighted by atomic mass is 10.1. The van der Waals surface area contributed by atoms with E-state index in [1.165, 1.54) is 0 Å². The fraction of sp³-hybridized carbons (Fsp3) is 0.333. The Hall–Kier alpha value is -2.82. The van der Waals surface area contributed by atoms with Crippen LogP contribution >= 0.6 is 0 Å². The first-order chi connectivity index (χ1) is 12.6. The molecule has 5 nitrogen and oxygen atoms in total. The minimum Gasteiger partial charge on any atom is -0.376 e. The molecule has 0 aliphatic heterocycles. The van der Waals surface area contributed by atoms with Gasteiger partial charge in [-0.25, -0.2) is 0 Å². The predicted octanol–water partition coefficient (Wildman–Crippen LogP) is 3.51. The minimum atomic E-state index is -0.0808. The van der Waals surface area contributed by atoms with E-state index in [2.05, 4.69) is 22.9 Å². The average molecular weight is 353 g/mol. The molecule has 0 saturated carbocycles. The Morgan fingerprint density at radius 2 is 1.69 bits per heavy atom. The van der Waals surface area contributed by atoms with Gasteiger partial charge in [0.25, 0.3) is 5.91 Å². The third-order valence-electron chi connectivity index (χ3n) is 4.09. The molecule has 138 valence electrons. The van der Waals surface area contributed by atoms with Crippen LogP contribution in [-0.4, -0.2) is 24.9 Å². The number of benzene rings is 2. The Morgan fingerprint density at radius 3 is 2.35 bits per heavy atom. The molecule has 1 atom stereocenters. The van der Waals surface area contributed by atoms with Crippen LogP contribution in [0.15, 0.2) is 54.6 Å². The summed E-state index contributed by atoms with van der Waals surface area (Å²) in [6.07, 6.45) is 2.02. The molecule has 5 heteroatoms. The number of amides is 2. The fourth-order valence-corrected chi connectivity index (χ4v) is 2.52. The molecule has 2 rings (SSSR count). The molecule has 0 saturated heterocycles. The van der Waals surface area contributed by atoms with Gasteiger partial charge >= 0.3 is 0 Å². The summed E-state index contributed by atoms with van der Waals surface area (Å²) in [7, 11) is 0. The maximum absolute atomic E-state index is 12.1. The summed E-state index contributed by atoms with van der Waals surface area (Å²) < 4.78 is 0. The zero-order valence-electron chi connectivity index (χ0n) is 15.4. The molecule has 26 heavy (non-hydrogen) atoms. The van der Waals surface area contributed by atoms with Crippen molar-refractivity contribution in [1.29, 1.82) is 0 Å². The number of nitrogens with one attached hydrogen (secondary N) is 3. The molecule has 0 spiro atoms. The third kappa shape index (κ3) is 6.24. The SMILES string of the molecule is CCCCNC(=O)c1ccc(NCC(=O)NC(C)c2ccccc2)cc1. The van der Waals surface area contributed by atoms with Crippen molar-refractivity contribution in [2.24, 2.45) is 0 Å². The lowest BCUT2D eigenvalue weighted by Crippen LogP contribution is -2.32. The van der Waals surface area contributed by atoms with E-state index in [-0.39, 0.29) is 24.4 Å². The Kier molecular flexibility index (Phi) is 7.68. The summed E-state index contributed by atoms with van der Waals surface area (Å²) in [6, 6.07) is 16.9. The number of unbranched alkanes of at least 4 members (excludes halogenated alkanes) is 1. The molecule has 2 aromatic rings. The first kappa shape index (κ1) is 19.5. The van der Waals surface area contributed by atoms with Crippen LogP contribution in [-0.2, 0) is 4.79 Å². The minimum absolute atomic E-state index is 0.0420. The maximum atomic E-state index is 12.1. The fourth-order valence-electron chi connectivity index (χ4n) is 2.52. The van der Waals surface area contributed by atoms with Crippen LogP contribution in [0.4, 0.5) is 5.69 Å². The second kappa shape index (κ2) is 10.2. The van der Waals surface area contributed by atoms with Gasteiger partial charge in [-0.05, 0) is 43.2 Å². The normalized spacial score (nSPS) is 11.5. The Balaban J connectivity index is 1.78. The smallest absolute Gasteiger partial charge is 0.251 e. The van der Waals surface area contributed by atoms with Crippen LogP contribution in [0.1, 0.15) is 48.7 Å². The number of rotatable bonds is 9. The quantitative estimate of drug-likeness (QED) is 0.604. The molecule has 0 radical (unpaired) electrons.